The maximum atomic E-state index is 12.5. The first-order chi connectivity index (χ1) is 8.29. The number of nitrogens with two attached hydrogens (primary N) is 1. The van der Waals surface area contributed by atoms with E-state index in [-0.39, 0.29) is 11.5 Å². The van der Waals surface area contributed by atoms with Crippen molar-refractivity contribution in [3.8, 4) is 0 Å². The number of carbonyl (C=O) groups is 1. The van der Waals surface area contributed by atoms with Gasteiger partial charge in [-0.15, -0.1) is 0 Å². The fraction of sp³-hybridized carbons (Fsp3) is 0.200. The van der Waals surface area contributed by atoms with Crippen molar-refractivity contribution < 1.29 is 18.0 Å². The number of aromatic nitrogens is 2. The zero-order valence-corrected chi connectivity index (χ0v) is 9.25. The van der Waals surface area contributed by atoms with E-state index in [2.05, 4.69) is 10.4 Å². The maximum absolute atomic E-state index is 12.5. The van der Waals surface area contributed by atoms with Gasteiger partial charge in [-0.1, -0.05) is 0 Å². The average molecular weight is 258 g/mol. The van der Waals surface area contributed by atoms with Crippen LogP contribution in [0.15, 0.2) is 18.2 Å². The molecule has 0 atom stereocenters. The van der Waals surface area contributed by atoms with Gasteiger partial charge in [-0.3, -0.25) is 10.2 Å². The monoisotopic (exact) mass is 258 g/mol. The molecule has 0 spiro atoms. The van der Waals surface area contributed by atoms with E-state index < -0.39 is 17.6 Å². The molecular formula is C10H9F3N4O. The van der Waals surface area contributed by atoms with Crippen LogP contribution >= 0.6 is 0 Å². The first-order valence-electron chi connectivity index (χ1n) is 4.92. The number of anilines is 1. The number of nitrogens with zero attached hydrogens (tertiary/aromatic N) is 2. The molecule has 2 aromatic rings. The van der Waals surface area contributed by atoms with E-state index in [1.54, 1.807) is 0 Å². The fourth-order valence-corrected chi connectivity index (χ4v) is 1.55. The summed E-state index contributed by atoms with van der Waals surface area (Å²) in [6, 6.07) is 2.99. The summed E-state index contributed by atoms with van der Waals surface area (Å²) >= 11 is 0. The van der Waals surface area contributed by atoms with E-state index in [4.69, 9.17) is 5.73 Å². The smallest absolute Gasteiger partial charge is 0.368 e. The summed E-state index contributed by atoms with van der Waals surface area (Å²) < 4.78 is 38.6. The molecule has 0 aliphatic rings. The second kappa shape index (κ2) is 3.90. The van der Waals surface area contributed by atoms with Gasteiger partial charge < -0.3 is 5.73 Å². The molecule has 0 fully saturated rings. The van der Waals surface area contributed by atoms with Crippen molar-refractivity contribution in [2.75, 3.05) is 11.2 Å². The Hall–Kier alpha value is -2.25. The van der Waals surface area contributed by atoms with Crippen molar-refractivity contribution in [2.45, 2.75) is 13.1 Å². The largest absolute Gasteiger partial charge is 0.416 e. The van der Waals surface area contributed by atoms with Crippen LogP contribution in [0.3, 0.4) is 0 Å². The molecular weight excluding hydrogens is 249 g/mol. The number of amides is 1. The van der Waals surface area contributed by atoms with E-state index in [1.165, 1.54) is 13.0 Å². The van der Waals surface area contributed by atoms with Crippen molar-refractivity contribution in [3.63, 3.8) is 0 Å². The van der Waals surface area contributed by atoms with Crippen LogP contribution in [0.4, 0.5) is 19.1 Å². The Morgan fingerprint density at radius 3 is 2.67 bits per heavy atom. The molecule has 18 heavy (non-hydrogen) atoms. The SMILES string of the molecule is CC(=O)Nn1c(N)nc2cc(C(F)(F)F)ccc21. The van der Waals surface area contributed by atoms with Crippen LogP contribution in [0.1, 0.15) is 12.5 Å². The second-order valence-corrected chi connectivity index (χ2v) is 3.67. The van der Waals surface area contributed by atoms with Crippen LogP contribution in [-0.2, 0) is 11.0 Å². The number of nitrogen functional groups attached to an aromatic ring is 1. The Morgan fingerprint density at radius 2 is 2.11 bits per heavy atom. The summed E-state index contributed by atoms with van der Waals surface area (Å²) in [4.78, 5) is 14.7. The number of alkyl halides is 3. The number of carbonyl (C=O) groups excluding carboxylic acids is 1. The van der Waals surface area contributed by atoms with Gasteiger partial charge in [0.1, 0.15) is 0 Å². The van der Waals surface area contributed by atoms with Crippen LogP contribution in [0.5, 0.6) is 0 Å². The maximum Gasteiger partial charge on any atom is 0.416 e. The van der Waals surface area contributed by atoms with Crippen molar-refractivity contribution in [1.29, 1.82) is 0 Å². The quantitative estimate of drug-likeness (QED) is 0.818. The number of nitrogens with one attached hydrogen (secondary N) is 1. The highest BCUT2D eigenvalue weighted by Crippen LogP contribution is 2.31. The van der Waals surface area contributed by atoms with Crippen LogP contribution in [0, 0.1) is 0 Å². The van der Waals surface area contributed by atoms with Crippen molar-refractivity contribution >= 4 is 22.9 Å². The van der Waals surface area contributed by atoms with Crippen LogP contribution in [0.25, 0.3) is 11.0 Å². The van der Waals surface area contributed by atoms with Crippen molar-refractivity contribution in [3.05, 3.63) is 23.8 Å². The predicted molar refractivity (Wildman–Crippen MR) is 59.2 cm³/mol. The molecule has 8 heteroatoms. The third-order valence-corrected chi connectivity index (χ3v) is 2.28. The van der Waals surface area contributed by atoms with E-state index in [1.807, 2.05) is 0 Å². The number of imidazole rings is 1. The lowest BCUT2D eigenvalue weighted by Gasteiger charge is -2.07. The molecule has 0 unspecified atom stereocenters. The predicted octanol–water partition coefficient (Wildman–Crippen LogP) is 1.73. The van der Waals surface area contributed by atoms with Crippen LogP contribution < -0.4 is 11.2 Å². The molecule has 0 aliphatic heterocycles. The molecule has 1 heterocycles. The highest BCUT2D eigenvalue weighted by molar-refractivity contribution is 5.86. The van der Waals surface area contributed by atoms with Crippen molar-refractivity contribution in [2.24, 2.45) is 0 Å². The normalized spacial score (nSPS) is 11.8. The molecule has 0 aliphatic carbocycles. The second-order valence-electron chi connectivity index (χ2n) is 3.67. The van der Waals surface area contributed by atoms with Gasteiger partial charge in [0, 0.05) is 6.92 Å². The molecule has 0 saturated carbocycles. The highest BCUT2D eigenvalue weighted by atomic mass is 19.4. The Kier molecular flexibility index (Phi) is 2.64. The molecule has 0 radical (unpaired) electrons. The molecule has 2 rings (SSSR count). The number of rotatable bonds is 1. The number of benzene rings is 1. The van der Waals surface area contributed by atoms with Crippen molar-refractivity contribution in [1.82, 2.24) is 9.66 Å². The summed E-state index contributed by atoms with van der Waals surface area (Å²) in [5, 5.41) is 0. The topological polar surface area (TPSA) is 72.9 Å². The van der Waals surface area contributed by atoms with Crippen LogP contribution in [-0.4, -0.2) is 15.6 Å². The Morgan fingerprint density at radius 1 is 1.44 bits per heavy atom. The van der Waals surface area contributed by atoms with Gasteiger partial charge in [0.15, 0.2) is 0 Å². The first kappa shape index (κ1) is 12.2. The summed E-state index contributed by atoms with van der Waals surface area (Å²) in [5.41, 5.74) is 7.43. The number of halogens is 3. The van der Waals surface area contributed by atoms with E-state index in [0.717, 1.165) is 16.8 Å². The third kappa shape index (κ3) is 2.08. The van der Waals surface area contributed by atoms with Gasteiger partial charge in [0.2, 0.25) is 11.9 Å². The Labute approximate surface area is 99.4 Å². The molecule has 0 bridgehead atoms. The first-order valence-corrected chi connectivity index (χ1v) is 4.92. The minimum atomic E-state index is -4.44. The van der Waals surface area contributed by atoms with Gasteiger partial charge in [-0.05, 0) is 18.2 Å². The fourth-order valence-electron chi connectivity index (χ4n) is 1.55. The average Bonchev–Trinajstić information content (AvgIpc) is 2.53. The molecule has 1 aromatic heterocycles. The lowest BCUT2D eigenvalue weighted by atomic mass is 10.2. The number of hydrogen-bond donors (Lipinski definition) is 2. The third-order valence-electron chi connectivity index (χ3n) is 2.28. The van der Waals surface area contributed by atoms with Gasteiger partial charge in [0.05, 0.1) is 16.6 Å². The zero-order valence-electron chi connectivity index (χ0n) is 9.25. The van der Waals surface area contributed by atoms with Gasteiger partial charge in [-0.25, -0.2) is 9.66 Å². The summed E-state index contributed by atoms with van der Waals surface area (Å²) in [6.07, 6.45) is -4.44. The molecule has 1 aromatic carbocycles. The molecule has 0 saturated heterocycles. The minimum absolute atomic E-state index is 0.0658. The van der Waals surface area contributed by atoms with E-state index in [0.29, 0.717) is 5.52 Å². The summed E-state index contributed by atoms with van der Waals surface area (Å²) in [5.74, 6) is -0.486. The number of hydrogen-bond acceptors (Lipinski definition) is 3. The van der Waals surface area contributed by atoms with Gasteiger partial charge >= 0.3 is 6.18 Å². The van der Waals surface area contributed by atoms with Gasteiger partial charge in [0.25, 0.3) is 0 Å². The Bertz CT molecular complexity index is 617. The zero-order chi connectivity index (χ0) is 13.5. The van der Waals surface area contributed by atoms with E-state index in [9.17, 15) is 18.0 Å². The molecule has 96 valence electrons. The lowest BCUT2D eigenvalue weighted by Crippen LogP contribution is -2.21. The Balaban J connectivity index is 2.58. The highest BCUT2D eigenvalue weighted by Gasteiger charge is 2.31. The summed E-state index contributed by atoms with van der Waals surface area (Å²) in [7, 11) is 0. The molecule has 1 amide bonds. The standard InChI is InChI=1S/C10H9F3N4O/c1-5(18)16-17-8-3-2-6(10(11,12)13)4-7(8)15-9(17)14/h2-4H,1H3,(H2,14,15)(H,16,18). The molecule has 3 N–H and O–H groups in total. The van der Waals surface area contributed by atoms with Crippen LogP contribution in [0.2, 0.25) is 0 Å². The minimum Gasteiger partial charge on any atom is -0.368 e. The summed E-state index contributed by atoms with van der Waals surface area (Å²) in [6.45, 7) is 1.26. The van der Waals surface area contributed by atoms with Gasteiger partial charge in [-0.2, -0.15) is 13.2 Å². The lowest BCUT2D eigenvalue weighted by molar-refractivity contribution is -0.137. The molecule has 5 nitrogen and oxygen atoms in total. The number of fused-ring (bicyclic) bond motifs is 1. The van der Waals surface area contributed by atoms with E-state index >= 15 is 0 Å².